The van der Waals surface area contributed by atoms with E-state index in [9.17, 15) is 4.79 Å². The van der Waals surface area contributed by atoms with Crippen LogP contribution in [-0.4, -0.2) is 25.8 Å². The number of carbonyl (C=O) groups excluding carboxylic acids is 1. The topological polar surface area (TPSA) is 44.8 Å². The van der Waals surface area contributed by atoms with Crippen molar-refractivity contribution in [3.8, 4) is 11.5 Å². The van der Waals surface area contributed by atoms with Crippen LogP contribution >= 0.6 is 0 Å². The van der Waals surface area contributed by atoms with Crippen LogP contribution in [0.15, 0.2) is 18.2 Å². The minimum Gasteiger partial charge on any atom is -0.497 e. The van der Waals surface area contributed by atoms with Gasteiger partial charge in [-0.25, -0.2) is 0 Å². The quantitative estimate of drug-likeness (QED) is 0.785. The lowest BCUT2D eigenvalue weighted by Crippen LogP contribution is -2.27. The molecule has 0 spiro atoms. The Kier molecular flexibility index (Phi) is 4.81. The van der Waals surface area contributed by atoms with Crippen LogP contribution in [0.4, 0.5) is 0 Å². The zero-order valence-electron chi connectivity index (χ0n) is 12.4. The summed E-state index contributed by atoms with van der Waals surface area (Å²) in [5.74, 6) is 0.647. The Morgan fingerprint density at radius 2 is 1.79 bits per heavy atom. The predicted molar refractivity (Wildman–Crippen MR) is 73.8 cm³/mol. The van der Waals surface area contributed by atoms with Crippen molar-refractivity contribution in [2.75, 3.05) is 14.2 Å². The van der Waals surface area contributed by atoms with Gasteiger partial charge in [0.15, 0.2) is 0 Å². The van der Waals surface area contributed by atoms with Gasteiger partial charge < -0.3 is 14.2 Å². The van der Waals surface area contributed by atoms with E-state index in [0.717, 1.165) is 5.56 Å². The maximum absolute atomic E-state index is 12.1. The van der Waals surface area contributed by atoms with Crippen LogP contribution in [0.25, 0.3) is 0 Å². The molecule has 0 heterocycles. The summed E-state index contributed by atoms with van der Waals surface area (Å²) in [6, 6.07) is 5.38. The van der Waals surface area contributed by atoms with E-state index in [1.54, 1.807) is 39.3 Å². The van der Waals surface area contributed by atoms with Gasteiger partial charge in [-0.3, -0.25) is 4.79 Å². The fourth-order valence-electron chi connectivity index (χ4n) is 1.69. The van der Waals surface area contributed by atoms with Crippen molar-refractivity contribution in [1.82, 2.24) is 0 Å². The van der Waals surface area contributed by atoms with Gasteiger partial charge in [-0.1, -0.05) is 0 Å². The van der Waals surface area contributed by atoms with Crippen LogP contribution in [0, 0.1) is 0 Å². The van der Waals surface area contributed by atoms with E-state index >= 15 is 0 Å². The zero-order valence-corrected chi connectivity index (χ0v) is 12.4. The molecule has 1 atom stereocenters. The van der Waals surface area contributed by atoms with Gasteiger partial charge in [-0.15, -0.1) is 0 Å². The third kappa shape index (κ3) is 4.16. The number of ether oxygens (including phenoxy) is 3. The zero-order chi connectivity index (χ0) is 14.6. The van der Waals surface area contributed by atoms with Gasteiger partial charge in [0.1, 0.15) is 17.1 Å². The standard InChI is InChI=1S/C15H22O4/c1-10(14(16)19-15(2,3)4)12-9-11(17-5)7-8-13(12)18-6/h7-10H,1-6H3. The smallest absolute Gasteiger partial charge is 0.313 e. The van der Waals surface area contributed by atoms with E-state index in [1.807, 2.05) is 20.8 Å². The second kappa shape index (κ2) is 5.95. The summed E-state index contributed by atoms with van der Waals surface area (Å²) in [7, 11) is 3.16. The number of carbonyl (C=O) groups is 1. The molecule has 0 N–H and O–H groups in total. The van der Waals surface area contributed by atoms with Crippen LogP contribution in [-0.2, 0) is 9.53 Å². The van der Waals surface area contributed by atoms with Gasteiger partial charge >= 0.3 is 5.97 Å². The number of hydrogen-bond acceptors (Lipinski definition) is 4. The Balaban J connectivity index is 3.03. The number of rotatable bonds is 4. The van der Waals surface area contributed by atoms with Crippen molar-refractivity contribution in [2.45, 2.75) is 39.2 Å². The van der Waals surface area contributed by atoms with Gasteiger partial charge in [0.05, 0.1) is 20.1 Å². The average molecular weight is 266 g/mol. The highest BCUT2D eigenvalue weighted by Gasteiger charge is 2.25. The summed E-state index contributed by atoms with van der Waals surface area (Å²) in [6.07, 6.45) is 0. The lowest BCUT2D eigenvalue weighted by Gasteiger charge is -2.23. The Morgan fingerprint density at radius 1 is 1.16 bits per heavy atom. The molecule has 106 valence electrons. The molecule has 0 aliphatic heterocycles. The largest absolute Gasteiger partial charge is 0.497 e. The Labute approximate surface area is 114 Å². The fourth-order valence-corrected chi connectivity index (χ4v) is 1.69. The first-order valence-electron chi connectivity index (χ1n) is 6.23. The molecule has 0 aliphatic rings. The summed E-state index contributed by atoms with van der Waals surface area (Å²) in [5.41, 5.74) is 0.258. The third-order valence-corrected chi connectivity index (χ3v) is 2.66. The van der Waals surface area contributed by atoms with Crippen LogP contribution < -0.4 is 9.47 Å². The molecule has 0 aliphatic carbocycles. The van der Waals surface area contributed by atoms with E-state index in [-0.39, 0.29) is 5.97 Å². The van der Waals surface area contributed by atoms with Gasteiger partial charge in [-0.05, 0) is 45.9 Å². The van der Waals surface area contributed by atoms with Crippen molar-refractivity contribution in [3.63, 3.8) is 0 Å². The van der Waals surface area contributed by atoms with Gasteiger partial charge in [0.25, 0.3) is 0 Å². The van der Waals surface area contributed by atoms with E-state index in [2.05, 4.69) is 0 Å². The third-order valence-electron chi connectivity index (χ3n) is 2.66. The molecule has 0 bridgehead atoms. The highest BCUT2D eigenvalue weighted by atomic mass is 16.6. The molecule has 1 rings (SSSR count). The van der Waals surface area contributed by atoms with E-state index in [0.29, 0.717) is 11.5 Å². The average Bonchev–Trinajstić information content (AvgIpc) is 2.35. The maximum Gasteiger partial charge on any atom is 0.313 e. The van der Waals surface area contributed by atoms with Crippen LogP contribution in [0.2, 0.25) is 0 Å². The summed E-state index contributed by atoms with van der Waals surface area (Å²) in [5, 5.41) is 0. The lowest BCUT2D eigenvalue weighted by molar-refractivity contribution is -0.156. The molecule has 0 saturated heterocycles. The SMILES string of the molecule is COc1ccc(OC)c(C(C)C(=O)OC(C)(C)C)c1. The van der Waals surface area contributed by atoms with Crippen LogP contribution in [0.1, 0.15) is 39.2 Å². The molecule has 0 radical (unpaired) electrons. The van der Waals surface area contributed by atoms with Gasteiger partial charge in [0.2, 0.25) is 0 Å². The molecule has 0 amide bonds. The summed E-state index contributed by atoms with van der Waals surface area (Å²) in [6.45, 7) is 7.34. The van der Waals surface area contributed by atoms with Crippen molar-refractivity contribution >= 4 is 5.97 Å². The van der Waals surface area contributed by atoms with Crippen molar-refractivity contribution in [1.29, 1.82) is 0 Å². The molecular weight excluding hydrogens is 244 g/mol. The Bertz CT molecular complexity index is 446. The molecule has 4 nitrogen and oxygen atoms in total. The first-order chi connectivity index (χ1) is 8.78. The minimum absolute atomic E-state index is 0.279. The first-order valence-corrected chi connectivity index (χ1v) is 6.23. The molecular formula is C15H22O4. The second-order valence-electron chi connectivity index (χ2n) is 5.36. The van der Waals surface area contributed by atoms with Gasteiger partial charge in [-0.2, -0.15) is 0 Å². The van der Waals surface area contributed by atoms with Crippen molar-refractivity contribution in [3.05, 3.63) is 23.8 Å². The van der Waals surface area contributed by atoms with Crippen molar-refractivity contribution < 1.29 is 19.0 Å². The molecule has 1 aromatic carbocycles. The lowest BCUT2D eigenvalue weighted by atomic mass is 9.99. The molecule has 0 aromatic heterocycles. The summed E-state index contributed by atoms with van der Waals surface area (Å²) in [4.78, 5) is 12.1. The number of benzene rings is 1. The Hall–Kier alpha value is -1.71. The molecule has 1 unspecified atom stereocenters. The normalized spacial score (nSPS) is 12.7. The number of methoxy groups -OCH3 is 2. The second-order valence-corrected chi connectivity index (χ2v) is 5.36. The summed E-state index contributed by atoms with van der Waals surface area (Å²) >= 11 is 0. The first kappa shape index (κ1) is 15.3. The van der Waals surface area contributed by atoms with Crippen LogP contribution in [0.5, 0.6) is 11.5 Å². The maximum atomic E-state index is 12.1. The van der Waals surface area contributed by atoms with Crippen LogP contribution in [0.3, 0.4) is 0 Å². The molecule has 0 fully saturated rings. The molecule has 19 heavy (non-hydrogen) atoms. The molecule has 4 heteroatoms. The number of hydrogen-bond donors (Lipinski definition) is 0. The summed E-state index contributed by atoms with van der Waals surface area (Å²) < 4.78 is 15.9. The van der Waals surface area contributed by atoms with E-state index in [4.69, 9.17) is 14.2 Å². The van der Waals surface area contributed by atoms with Crippen molar-refractivity contribution in [2.24, 2.45) is 0 Å². The number of esters is 1. The molecule has 0 saturated carbocycles. The highest BCUT2D eigenvalue weighted by Crippen LogP contribution is 2.31. The minimum atomic E-state index is -0.503. The Morgan fingerprint density at radius 3 is 2.26 bits per heavy atom. The van der Waals surface area contributed by atoms with Gasteiger partial charge in [0, 0.05) is 5.56 Å². The monoisotopic (exact) mass is 266 g/mol. The predicted octanol–water partition coefficient (Wildman–Crippen LogP) is 3.15. The highest BCUT2D eigenvalue weighted by molar-refractivity contribution is 5.79. The fraction of sp³-hybridized carbons (Fsp3) is 0.533. The molecule has 1 aromatic rings. The van der Waals surface area contributed by atoms with E-state index < -0.39 is 11.5 Å². The van der Waals surface area contributed by atoms with E-state index in [1.165, 1.54) is 0 Å².